The molecule has 7 heteroatoms. The van der Waals surface area contributed by atoms with Crippen LogP contribution in [-0.2, 0) is 14.3 Å². The number of carboxylic acid groups (broad SMARTS) is 1. The van der Waals surface area contributed by atoms with Crippen molar-refractivity contribution >= 4 is 18.0 Å². The number of carbonyl (C=O) groups excluding carboxylic acids is 2. The summed E-state index contributed by atoms with van der Waals surface area (Å²) >= 11 is 0. The fourth-order valence-corrected chi connectivity index (χ4v) is 3.80. The zero-order valence-corrected chi connectivity index (χ0v) is 17.8. The predicted octanol–water partition coefficient (Wildman–Crippen LogP) is 3.53. The van der Waals surface area contributed by atoms with Crippen LogP contribution in [0.2, 0.25) is 0 Å². The van der Waals surface area contributed by atoms with E-state index >= 15 is 0 Å². The Morgan fingerprint density at radius 2 is 1.61 bits per heavy atom. The minimum atomic E-state index is -0.989. The summed E-state index contributed by atoms with van der Waals surface area (Å²) in [5, 5.41) is 14.2. The summed E-state index contributed by atoms with van der Waals surface area (Å²) in [5.41, 5.74) is 4.51. The van der Waals surface area contributed by atoms with Crippen molar-refractivity contribution in [1.29, 1.82) is 0 Å². The molecule has 1 unspecified atom stereocenters. The van der Waals surface area contributed by atoms with Crippen molar-refractivity contribution in [2.75, 3.05) is 13.2 Å². The average Bonchev–Trinajstić information content (AvgIpc) is 3.09. The third-order valence-corrected chi connectivity index (χ3v) is 5.53. The second-order valence-corrected chi connectivity index (χ2v) is 7.80. The van der Waals surface area contributed by atoms with Crippen molar-refractivity contribution in [3.05, 3.63) is 59.7 Å². The van der Waals surface area contributed by atoms with Crippen molar-refractivity contribution in [3.8, 4) is 11.1 Å². The first-order valence-corrected chi connectivity index (χ1v) is 10.5. The molecule has 31 heavy (non-hydrogen) atoms. The molecule has 0 spiro atoms. The van der Waals surface area contributed by atoms with Crippen molar-refractivity contribution in [2.24, 2.45) is 5.92 Å². The predicted molar refractivity (Wildman–Crippen MR) is 117 cm³/mol. The first kappa shape index (κ1) is 22.3. The van der Waals surface area contributed by atoms with Crippen LogP contribution in [0.1, 0.15) is 43.7 Å². The molecular weight excluding hydrogens is 396 g/mol. The number of benzene rings is 2. The number of amides is 2. The molecule has 0 heterocycles. The summed E-state index contributed by atoms with van der Waals surface area (Å²) in [6.45, 7) is 3.58. The van der Waals surface area contributed by atoms with Crippen LogP contribution in [0.25, 0.3) is 11.1 Å². The van der Waals surface area contributed by atoms with Gasteiger partial charge >= 0.3 is 12.1 Å². The average molecular weight is 424 g/mol. The van der Waals surface area contributed by atoms with Crippen molar-refractivity contribution in [3.63, 3.8) is 0 Å². The molecule has 164 valence electrons. The maximum atomic E-state index is 12.5. The normalized spacial score (nSPS) is 14.1. The van der Waals surface area contributed by atoms with Gasteiger partial charge in [0.2, 0.25) is 5.91 Å². The van der Waals surface area contributed by atoms with Crippen LogP contribution in [-0.4, -0.2) is 42.3 Å². The Hall–Kier alpha value is -3.35. The molecular formula is C24H28N2O5. The molecule has 0 saturated heterocycles. The van der Waals surface area contributed by atoms with Crippen molar-refractivity contribution in [2.45, 2.75) is 38.6 Å². The Kier molecular flexibility index (Phi) is 7.28. The molecule has 1 aliphatic carbocycles. The monoisotopic (exact) mass is 424 g/mol. The lowest BCUT2D eigenvalue weighted by Crippen LogP contribution is -2.48. The second-order valence-electron chi connectivity index (χ2n) is 7.80. The van der Waals surface area contributed by atoms with Gasteiger partial charge in [-0.05, 0) is 28.7 Å². The van der Waals surface area contributed by atoms with Crippen LogP contribution in [0.3, 0.4) is 0 Å². The lowest BCUT2D eigenvalue weighted by Gasteiger charge is -2.20. The van der Waals surface area contributed by atoms with E-state index in [1.54, 1.807) is 0 Å². The molecule has 0 aromatic heterocycles. The standard InChI is InChI=1S/C24H28N2O5/c1-3-8-21(22(27)25-13-15(2)23(28)29)26-24(30)31-14-20-18-11-6-4-9-16(18)17-10-5-7-12-19(17)20/h4-7,9-12,15,20-21H,3,8,13-14H2,1-2H3,(H,25,27)(H,26,30)(H,28,29)/t15?,21-/m1/s1. The van der Waals surface area contributed by atoms with E-state index in [1.807, 2.05) is 43.3 Å². The minimum Gasteiger partial charge on any atom is -0.481 e. The number of ether oxygens (including phenoxy) is 1. The number of rotatable bonds is 9. The first-order valence-electron chi connectivity index (χ1n) is 10.5. The lowest BCUT2D eigenvalue weighted by molar-refractivity contribution is -0.141. The highest BCUT2D eigenvalue weighted by molar-refractivity contribution is 5.86. The maximum absolute atomic E-state index is 12.5. The number of fused-ring (bicyclic) bond motifs is 3. The molecule has 0 saturated carbocycles. The molecule has 0 fully saturated rings. The van der Waals surface area contributed by atoms with Crippen molar-refractivity contribution in [1.82, 2.24) is 10.6 Å². The third-order valence-electron chi connectivity index (χ3n) is 5.53. The summed E-state index contributed by atoms with van der Waals surface area (Å²) in [7, 11) is 0. The van der Waals surface area contributed by atoms with Crippen LogP contribution in [0.4, 0.5) is 4.79 Å². The van der Waals surface area contributed by atoms with Gasteiger partial charge in [-0.1, -0.05) is 68.8 Å². The molecule has 2 aromatic carbocycles. The van der Waals surface area contributed by atoms with E-state index < -0.39 is 29.9 Å². The summed E-state index contributed by atoms with van der Waals surface area (Å²) in [6, 6.07) is 15.4. The number of hydrogen-bond acceptors (Lipinski definition) is 4. The van der Waals surface area contributed by atoms with Gasteiger partial charge in [-0.25, -0.2) is 4.79 Å². The van der Waals surface area contributed by atoms with Gasteiger partial charge in [0, 0.05) is 12.5 Å². The van der Waals surface area contributed by atoms with Crippen LogP contribution >= 0.6 is 0 Å². The Morgan fingerprint density at radius 1 is 1.03 bits per heavy atom. The topological polar surface area (TPSA) is 105 Å². The van der Waals surface area contributed by atoms with E-state index in [2.05, 4.69) is 22.8 Å². The SMILES string of the molecule is CCC[C@@H](NC(=O)OCC1c2ccccc2-c2ccccc21)C(=O)NCC(C)C(=O)O. The van der Waals surface area contributed by atoms with E-state index in [0.717, 1.165) is 22.3 Å². The number of nitrogens with one attached hydrogen (secondary N) is 2. The van der Waals surface area contributed by atoms with Gasteiger partial charge in [0.1, 0.15) is 12.6 Å². The number of alkyl carbamates (subject to hydrolysis) is 1. The fourth-order valence-electron chi connectivity index (χ4n) is 3.80. The quantitative estimate of drug-likeness (QED) is 0.571. The largest absolute Gasteiger partial charge is 0.481 e. The molecule has 3 N–H and O–H groups in total. The number of carboxylic acids is 1. The van der Waals surface area contributed by atoms with Crippen LogP contribution in [0.5, 0.6) is 0 Å². The smallest absolute Gasteiger partial charge is 0.407 e. The van der Waals surface area contributed by atoms with Gasteiger partial charge in [0.05, 0.1) is 5.92 Å². The highest BCUT2D eigenvalue weighted by Crippen LogP contribution is 2.44. The summed E-state index contributed by atoms with van der Waals surface area (Å²) in [6.07, 6.45) is 0.440. The maximum Gasteiger partial charge on any atom is 0.407 e. The van der Waals surface area contributed by atoms with E-state index in [4.69, 9.17) is 9.84 Å². The Bertz CT molecular complexity index is 913. The Labute approximate surface area is 181 Å². The molecule has 2 amide bonds. The fraction of sp³-hybridized carbons (Fsp3) is 0.375. The zero-order valence-electron chi connectivity index (χ0n) is 17.8. The minimum absolute atomic E-state index is 0.000745. The molecule has 0 aliphatic heterocycles. The third kappa shape index (κ3) is 5.23. The van der Waals surface area contributed by atoms with E-state index in [-0.39, 0.29) is 19.1 Å². The van der Waals surface area contributed by atoms with Crippen LogP contribution in [0.15, 0.2) is 48.5 Å². The van der Waals surface area contributed by atoms with Crippen LogP contribution in [0, 0.1) is 5.92 Å². The Morgan fingerprint density at radius 3 is 2.16 bits per heavy atom. The van der Waals surface area contributed by atoms with Gasteiger partial charge in [0.25, 0.3) is 0 Å². The molecule has 2 aromatic rings. The van der Waals surface area contributed by atoms with Crippen molar-refractivity contribution < 1.29 is 24.2 Å². The lowest BCUT2D eigenvalue weighted by atomic mass is 9.98. The first-order chi connectivity index (χ1) is 14.9. The molecule has 1 aliphatic rings. The highest BCUT2D eigenvalue weighted by atomic mass is 16.5. The second kappa shape index (κ2) is 10.1. The number of aliphatic carboxylic acids is 1. The summed E-state index contributed by atoms with van der Waals surface area (Å²) in [4.78, 5) is 35.8. The van der Waals surface area contributed by atoms with E-state index in [9.17, 15) is 14.4 Å². The summed E-state index contributed by atoms with van der Waals surface area (Å²) < 4.78 is 5.51. The van der Waals surface area contributed by atoms with E-state index in [1.165, 1.54) is 6.92 Å². The zero-order chi connectivity index (χ0) is 22.4. The Balaban J connectivity index is 1.61. The van der Waals surface area contributed by atoms with Gasteiger partial charge in [-0.2, -0.15) is 0 Å². The van der Waals surface area contributed by atoms with Gasteiger partial charge in [-0.3, -0.25) is 9.59 Å². The molecule has 0 bridgehead atoms. The molecule has 7 nitrogen and oxygen atoms in total. The van der Waals surface area contributed by atoms with Gasteiger partial charge in [0.15, 0.2) is 0 Å². The van der Waals surface area contributed by atoms with Crippen LogP contribution < -0.4 is 10.6 Å². The van der Waals surface area contributed by atoms with Gasteiger partial charge in [-0.15, -0.1) is 0 Å². The number of carbonyl (C=O) groups is 3. The molecule has 0 radical (unpaired) electrons. The van der Waals surface area contributed by atoms with Gasteiger partial charge < -0.3 is 20.5 Å². The van der Waals surface area contributed by atoms with E-state index in [0.29, 0.717) is 12.8 Å². The molecule has 3 rings (SSSR count). The molecule has 2 atom stereocenters. The number of hydrogen-bond donors (Lipinski definition) is 3. The summed E-state index contributed by atoms with van der Waals surface area (Å²) in [5.74, 6) is -2.17. The highest BCUT2D eigenvalue weighted by Gasteiger charge is 2.29.